The highest BCUT2D eigenvalue weighted by Gasteiger charge is 2.32. The Morgan fingerprint density at radius 1 is 1.09 bits per heavy atom. The van der Waals surface area contributed by atoms with Crippen LogP contribution >= 0.6 is 11.3 Å². The highest BCUT2D eigenvalue weighted by molar-refractivity contribution is 7.12. The number of rotatable bonds is 8. The van der Waals surface area contributed by atoms with Crippen LogP contribution in [0.25, 0.3) is 0 Å². The molecule has 0 saturated carbocycles. The first kappa shape index (κ1) is 25.1. The molecule has 1 aliphatic heterocycles. The van der Waals surface area contributed by atoms with Gasteiger partial charge in [-0.1, -0.05) is 36.4 Å². The van der Waals surface area contributed by atoms with Gasteiger partial charge in [0.25, 0.3) is 5.91 Å². The van der Waals surface area contributed by atoms with Crippen LogP contribution in [0.4, 0.5) is 10.1 Å². The summed E-state index contributed by atoms with van der Waals surface area (Å²) in [5.41, 5.74) is 2.66. The summed E-state index contributed by atoms with van der Waals surface area (Å²) in [5.74, 6) is 0.00634. The van der Waals surface area contributed by atoms with Gasteiger partial charge < -0.3 is 10.2 Å². The highest BCUT2D eigenvalue weighted by Crippen LogP contribution is 2.29. The molecule has 0 bridgehead atoms. The van der Waals surface area contributed by atoms with Gasteiger partial charge in [-0.05, 0) is 79.0 Å². The van der Waals surface area contributed by atoms with E-state index in [1.54, 1.807) is 6.07 Å². The van der Waals surface area contributed by atoms with Crippen LogP contribution in [0.2, 0.25) is 0 Å². The van der Waals surface area contributed by atoms with Crippen LogP contribution in [-0.2, 0) is 17.8 Å². The third kappa shape index (κ3) is 6.55. The van der Waals surface area contributed by atoms with Crippen molar-refractivity contribution in [2.75, 3.05) is 25.5 Å². The molecule has 1 atom stereocenters. The largest absolute Gasteiger partial charge is 0.337 e. The first-order valence-corrected chi connectivity index (χ1v) is 12.9. The second kappa shape index (κ2) is 11.6. The summed E-state index contributed by atoms with van der Waals surface area (Å²) in [6.45, 7) is 4.19. The van der Waals surface area contributed by atoms with E-state index in [9.17, 15) is 14.0 Å². The molecule has 1 aliphatic rings. The fourth-order valence-electron chi connectivity index (χ4n) is 4.88. The number of anilines is 1. The summed E-state index contributed by atoms with van der Waals surface area (Å²) in [7, 11) is 1.86. The first-order chi connectivity index (χ1) is 16.9. The predicted octanol–water partition coefficient (Wildman–Crippen LogP) is 5.44. The standard InChI is InChI=1S/C28H32FN3O2S/c1-20(33)30-24-11-9-21(10-12-24)19-32-15-13-22(14-16-32)26(18-23-6-3-4-7-25(23)29)31(2)28(34)27-8-5-17-35-27/h3-12,17,22,26H,13-16,18-19H2,1-2H3,(H,30,33)/t26-/m1/s1. The number of halogens is 1. The number of amides is 2. The van der Waals surface area contributed by atoms with Crippen molar-refractivity contribution in [2.24, 2.45) is 5.92 Å². The Labute approximate surface area is 210 Å². The predicted molar refractivity (Wildman–Crippen MR) is 139 cm³/mol. The molecular formula is C28H32FN3O2S. The van der Waals surface area contributed by atoms with Gasteiger partial charge in [0.15, 0.2) is 0 Å². The molecule has 5 nitrogen and oxygen atoms in total. The minimum Gasteiger partial charge on any atom is -0.337 e. The number of likely N-dealkylation sites (N-methyl/N-ethyl adjacent to an activating group) is 1. The number of carbonyl (C=O) groups is 2. The van der Waals surface area contributed by atoms with E-state index >= 15 is 0 Å². The van der Waals surface area contributed by atoms with Crippen LogP contribution in [0.3, 0.4) is 0 Å². The fraction of sp³-hybridized carbons (Fsp3) is 0.357. The van der Waals surface area contributed by atoms with Gasteiger partial charge in [-0.15, -0.1) is 11.3 Å². The maximum absolute atomic E-state index is 14.5. The Hall–Kier alpha value is -3.03. The maximum atomic E-state index is 14.5. The molecule has 1 fully saturated rings. The van der Waals surface area contributed by atoms with Gasteiger partial charge in [-0.3, -0.25) is 14.5 Å². The molecule has 35 heavy (non-hydrogen) atoms. The molecule has 2 aromatic carbocycles. The second-order valence-electron chi connectivity index (χ2n) is 9.25. The molecule has 1 aromatic heterocycles. The van der Waals surface area contributed by atoms with Gasteiger partial charge in [0.2, 0.25) is 5.91 Å². The summed E-state index contributed by atoms with van der Waals surface area (Å²) in [6, 6.07) is 18.5. The Morgan fingerprint density at radius 3 is 2.43 bits per heavy atom. The number of nitrogens with zero attached hydrogens (tertiary/aromatic N) is 2. The lowest BCUT2D eigenvalue weighted by Gasteiger charge is -2.40. The van der Waals surface area contributed by atoms with Crippen LogP contribution < -0.4 is 5.32 Å². The minimum absolute atomic E-state index is 0.00280. The molecule has 1 saturated heterocycles. The zero-order valence-corrected chi connectivity index (χ0v) is 21.1. The van der Waals surface area contributed by atoms with Gasteiger partial charge in [0.05, 0.1) is 4.88 Å². The number of nitrogens with one attached hydrogen (secondary N) is 1. The van der Waals surface area contributed by atoms with Crippen LogP contribution in [0, 0.1) is 11.7 Å². The molecule has 0 aliphatic carbocycles. The van der Waals surface area contributed by atoms with Crippen LogP contribution in [0.1, 0.15) is 40.6 Å². The summed E-state index contributed by atoms with van der Waals surface area (Å²) < 4.78 is 14.5. The average molecular weight is 494 g/mol. The Balaban J connectivity index is 1.42. The lowest BCUT2D eigenvalue weighted by atomic mass is 9.84. The number of thiophene rings is 1. The Kier molecular flexibility index (Phi) is 8.31. The molecule has 0 radical (unpaired) electrons. The van der Waals surface area contributed by atoms with E-state index in [0.717, 1.165) is 38.2 Å². The van der Waals surface area contributed by atoms with Crippen LogP contribution in [0.5, 0.6) is 0 Å². The molecule has 0 unspecified atom stereocenters. The Bertz CT molecular complexity index is 1130. The zero-order valence-electron chi connectivity index (χ0n) is 20.2. The maximum Gasteiger partial charge on any atom is 0.263 e. The third-order valence-electron chi connectivity index (χ3n) is 6.79. The zero-order chi connectivity index (χ0) is 24.8. The number of likely N-dealkylation sites (tertiary alicyclic amines) is 1. The topological polar surface area (TPSA) is 52.7 Å². The van der Waals surface area contributed by atoms with Gasteiger partial charge in [-0.2, -0.15) is 0 Å². The summed E-state index contributed by atoms with van der Waals surface area (Å²) in [5, 5.41) is 4.71. The molecule has 1 N–H and O–H groups in total. The first-order valence-electron chi connectivity index (χ1n) is 12.0. The summed E-state index contributed by atoms with van der Waals surface area (Å²) >= 11 is 1.44. The molecule has 7 heteroatoms. The van der Waals surface area contributed by atoms with E-state index < -0.39 is 0 Å². The van der Waals surface area contributed by atoms with E-state index in [1.165, 1.54) is 29.9 Å². The van der Waals surface area contributed by atoms with Crippen molar-refractivity contribution in [3.8, 4) is 0 Å². The van der Waals surface area contributed by atoms with Crippen LogP contribution in [-0.4, -0.2) is 47.8 Å². The molecule has 4 rings (SSSR count). The van der Waals surface area contributed by atoms with Crippen molar-refractivity contribution in [1.82, 2.24) is 9.80 Å². The van der Waals surface area contributed by atoms with Gasteiger partial charge in [0.1, 0.15) is 5.82 Å². The van der Waals surface area contributed by atoms with E-state index in [1.807, 2.05) is 65.9 Å². The quantitative estimate of drug-likeness (QED) is 0.455. The van der Waals surface area contributed by atoms with Crippen molar-refractivity contribution < 1.29 is 14.0 Å². The third-order valence-corrected chi connectivity index (χ3v) is 7.65. The summed E-state index contributed by atoms with van der Waals surface area (Å²) in [4.78, 5) is 29.4. The lowest BCUT2D eigenvalue weighted by molar-refractivity contribution is -0.114. The van der Waals surface area contributed by atoms with Crippen molar-refractivity contribution in [1.29, 1.82) is 0 Å². The van der Waals surface area contributed by atoms with Crippen molar-refractivity contribution in [3.05, 3.63) is 87.9 Å². The number of benzene rings is 2. The van der Waals surface area contributed by atoms with E-state index in [4.69, 9.17) is 0 Å². The Morgan fingerprint density at radius 2 is 1.80 bits per heavy atom. The van der Waals surface area contributed by atoms with E-state index in [2.05, 4.69) is 10.2 Å². The lowest BCUT2D eigenvalue weighted by Crippen LogP contribution is -2.47. The molecular weight excluding hydrogens is 461 g/mol. The summed E-state index contributed by atoms with van der Waals surface area (Å²) in [6.07, 6.45) is 2.41. The van der Waals surface area contributed by atoms with Crippen LogP contribution in [0.15, 0.2) is 66.0 Å². The minimum atomic E-state index is -0.213. The number of carbonyl (C=O) groups excluding carboxylic acids is 2. The molecule has 2 amide bonds. The fourth-order valence-corrected chi connectivity index (χ4v) is 5.59. The molecule has 3 aromatic rings. The van der Waals surface area contributed by atoms with Crippen molar-refractivity contribution >= 4 is 28.8 Å². The van der Waals surface area contributed by atoms with E-state index in [0.29, 0.717) is 22.8 Å². The number of hydrogen-bond acceptors (Lipinski definition) is 4. The van der Waals surface area contributed by atoms with Gasteiger partial charge in [-0.25, -0.2) is 4.39 Å². The van der Waals surface area contributed by atoms with Gasteiger partial charge >= 0.3 is 0 Å². The normalized spacial score (nSPS) is 15.5. The smallest absolute Gasteiger partial charge is 0.263 e. The number of hydrogen-bond donors (Lipinski definition) is 1. The average Bonchev–Trinajstić information content (AvgIpc) is 3.39. The monoisotopic (exact) mass is 493 g/mol. The highest BCUT2D eigenvalue weighted by atomic mass is 32.1. The second-order valence-corrected chi connectivity index (χ2v) is 10.2. The van der Waals surface area contributed by atoms with Gasteiger partial charge in [0, 0.05) is 32.2 Å². The SMILES string of the molecule is CC(=O)Nc1ccc(CN2CCC([C@@H](Cc3ccccc3F)N(C)C(=O)c3cccs3)CC2)cc1. The van der Waals surface area contributed by atoms with Crippen molar-refractivity contribution in [3.63, 3.8) is 0 Å². The number of piperidine rings is 1. The van der Waals surface area contributed by atoms with Crippen molar-refractivity contribution in [2.45, 2.75) is 38.8 Å². The molecule has 0 spiro atoms. The molecule has 2 heterocycles. The van der Waals surface area contributed by atoms with E-state index in [-0.39, 0.29) is 23.7 Å². The molecule has 184 valence electrons.